The van der Waals surface area contributed by atoms with Gasteiger partial charge in [-0.25, -0.2) is 0 Å². The van der Waals surface area contributed by atoms with Crippen molar-refractivity contribution in [3.05, 3.63) is 23.7 Å². The highest BCUT2D eigenvalue weighted by molar-refractivity contribution is 7.98. The van der Waals surface area contributed by atoms with Crippen LogP contribution in [-0.2, 0) is 12.3 Å². The van der Waals surface area contributed by atoms with Crippen LogP contribution in [-0.4, -0.2) is 48.4 Å². The summed E-state index contributed by atoms with van der Waals surface area (Å²) in [4.78, 5) is 6.05. The van der Waals surface area contributed by atoms with E-state index in [-0.39, 0.29) is 54.4 Å². The molecule has 0 amide bonds. The SMILES string of the molecule is CN(C)Cc1ccc(CSCCN=C(N)C(=N)N)o1.Cl.Cl.Cl.O. The minimum absolute atomic E-state index is 0. The smallest absolute Gasteiger partial charge is 0.161 e. The van der Waals surface area contributed by atoms with Gasteiger partial charge in [0.15, 0.2) is 11.7 Å². The summed E-state index contributed by atoms with van der Waals surface area (Å²) in [6, 6.07) is 4.00. The molecule has 0 fully saturated rings. The third-order valence-corrected chi connectivity index (χ3v) is 3.19. The Bertz CT molecular complexity index is 458. The van der Waals surface area contributed by atoms with Crippen LogP contribution in [0.5, 0.6) is 0 Å². The van der Waals surface area contributed by atoms with Gasteiger partial charge in [-0.05, 0) is 26.2 Å². The fraction of sp³-hybridized carbons (Fsp3) is 0.500. The maximum atomic E-state index is 7.07. The van der Waals surface area contributed by atoms with Crippen LogP contribution in [0.1, 0.15) is 11.5 Å². The summed E-state index contributed by atoms with van der Waals surface area (Å²) in [5.74, 6) is 3.49. The van der Waals surface area contributed by atoms with Crippen molar-refractivity contribution in [1.29, 1.82) is 5.41 Å². The Kier molecular flexibility index (Phi) is 21.4. The Morgan fingerprint density at radius 1 is 1.22 bits per heavy atom. The molecule has 7 nitrogen and oxygen atoms in total. The van der Waals surface area contributed by atoms with Gasteiger partial charge < -0.3 is 26.3 Å². The molecule has 0 aliphatic carbocycles. The fourth-order valence-corrected chi connectivity index (χ4v) is 2.11. The second-order valence-corrected chi connectivity index (χ2v) is 5.44. The highest BCUT2D eigenvalue weighted by Gasteiger charge is 2.03. The number of furan rings is 1. The van der Waals surface area contributed by atoms with Crippen molar-refractivity contribution in [2.45, 2.75) is 12.3 Å². The molecule has 138 valence electrons. The molecule has 1 aromatic heterocycles. The zero-order chi connectivity index (χ0) is 14.3. The van der Waals surface area contributed by atoms with Crippen LogP contribution in [0.25, 0.3) is 0 Å². The number of thioether (sulfide) groups is 1. The minimum atomic E-state index is -0.177. The molecule has 0 aliphatic rings. The summed E-state index contributed by atoms with van der Waals surface area (Å²) in [6.07, 6.45) is 0. The lowest BCUT2D eigenvalue weighted by Crippen LogP contribution is -2.30. The lowest BCUT2D eigenvalue weighted by molar-refractivity contribution is 0.344. The molecule has 0 saturated carbocycles. The number of halogens is 3. The van der Waals surface area contributed by atoms with Crippen LogP contribution in [0.4, 0.5) is 0 Å². The average molecular weight is 411 g/mol. The van der Waals surface area contributed by atoms with Crippen LogP contribution in [0.2, 0.25) is 0 Å². The third kappa shape index (κ3) is 13.5. The van der Waals surface area contributed by atoms with Crippen LogP contribution in [0.15, 0.2) is 21.5 Å². The van der Waals surface area contributed by atoms with Gasteiger partial charge in [0.2, 0.25) is 0 Å². The third-order valence-electron chi connectivity index (χ3n) is 2.23. The van der Waals surface area contributed by atoms with Crippen LogP contribution < -0.4 is 11.5 Å². The second-order valence-electron chi connectivity index (χ2n) is 4.34. The molecular formula is C12H26Cl3N5O2S. The van der Waals surface area contributed by atoms with Gasteiger partial charge in [-0.2, -0.15) is 11.8 Å². The number of amidine groups is 2. The molecule has 0 radical (unpaired) electrons. The summed E-state index contributed by atoms with van der Waals surface area (Å²) in [5, 5.41) is 7.07. The van der Waals surface area contributed by atoms with Gasteiger partial charge in [0.05, 0.1) is 18.8 Å². The molecule has 1 aromatic rings. The summed E-state index contributed by atoms with van der Waals surface area (Å²) in [5.41, 5.74) is 10.6. The first-order valence-electron chi connectivity index (χ1n) is 5.93. The molecular weight excluding hydrogens is 385 g/mol. The second kappa shape index (κ2) is 16.2. The average Bonchev–Trinajstić information content (AvgIpc) is 2.75. The first kappa shape index (κ1) is 30.3. The fourth-order valence-electron chi connectivity index (χ4n) is 1.39. The van der Waals surface area contributed by atoms with Gasteiger partial charge in [0.1, 0.15) is 11.5 Å². The van der Waals surface area contributed by atoms with Crippen molar-refractivity contribution < 1.29 is 9.89 Å². The van der Waals surface area contributed by atoms with Gasteiger partial charge in [0.25, 0.3) is 0 Å². The number of rotatable bonds is 7. The molecule has 1 rings (SSSR count). The van der Waals surface area contributed by atoms with E-state index in [0.717, 1.165) is 29.6 Å². The number of nitrogens with two attached hydrogens (primary N) is 2. The molecule has 23 heavy (non-hydrogen) atoms. The van der Waals surface area contributed by atoms with E-state index in [1.807, 2.05) is 26.2 Å². The zero-order valence-corrected chi connectivity index (χ0v) is 16.3. The van der Waals surface area contributed by atoms with Crippen molar-refractivity contribution in [3.63, 3.8) is 0 Å². The molecule has 0 saturated heterocycles. The monoisotopic (exact) mass is 409 g/mol. The van der Waals surface area contributed by atoms with E-state index in [4.69, 9.17) is 21.3 Å². The van der Waals surface area contributed by atoms with Crippen molar-refractivity contribution in [3.8, 4) is 0 Å². The molecule has 0 aliphatic heterocycles. The summed E-state index contributed by atoms with van der Waals surface area (Å²) in [7, 11) is 4.02. The number of nitrogens with zero attached hydrogens (tertiary/aromatic N) is 2. The Morgan fingerprint density at radius 2 is 1.78 bits per heavy atom. The molecule has 7 N–H and O–H groups in total. The molecule has 1 heterocycles. The summed E-state index contributed by atoms with van der Waals surface area (Å²) in [6.45, 7) is 1.37. The largest absolute Gasteiger partial charge is 0.464 e. The van der Waals surface area contributed by atoms with Gasteiger partial charge in [-0.15, -0.1) is 37.2 Å². The van der Waals surface area contributed by atoms with Crippen molar-refractivity contribution >= 4 is 60.7 Å². The van der Waals surface area contributed by atoms with E-state index in [9.17, 15) is 0 Å². The van der Waals surface area contributed by atoms with Crippen LogP contribution in [0, 0.1) is 5.41 Å². The molecule has 0 atom stereocenters. The van der Waals surface area contributed by atoms with Crippen LogP contribution in [0.3, 0.4) is 0 Å². The first-order valence-corrected chi connectivity index (χ1v) is 7.09. The Balaban J connectivity index is -0.000000451. The summed E-state index contributed by atoms with van der Waals surface area (Å²) < 4.78 is 5.68. The van der Waals surface area contributed by atoms with E-state index >= 15 is 0 Å². The number of nitrogens with one attached hydrogen (secondary N) is 1. The molecule has 0 aromatic carbocycles. The minimum Gasteiger partial charge on any atom is -0.464 e. The van der Waals surface area contributed by atoms with Crippen molar-refractivity contribution in [2.24, 2.45) is 16.5 Å². The van der Waals surface area contributed by atoms with E-state index in [0.29, 0.717) is 6.54 Å². The normalized spacial score (nSPS) is 9.96. The van der Waals surface area contributed by atoms with E-state index in [2.05, 4.69) is 9.89 Å². The predicted octanol–water partition coefficient (Wildman–Crippen LogP) is 1.31. The molecule has 0 unspecified atom stereocenters. The highest BCUT2D eigenvalue weighted by Crippen LogP contribution is 2.16. The van der Waals surface area contributed by atoms with Crippen molar-refractivity contribution in [1.82, 2.24) is 4.90 Å². The maximum Gasteiger partial charge on any atom is 0.161 e. The van der Waals surface area contributed by atoms with E-state index in [1.165, 1.54) is 0 Å². The Labute approximate surface area is 159 Å². The number of aliphatic imine (C=N–C) groups is 1. The predicted molar refractivity (Wildman–Crippen MR) is 106 cm³/mol. The molecule has 0 bridgehead atoms. The standard InChI is InChI=1S/C12H21N5OS.3ClH.H2O/c1-17(2)7-9-3-4-10(18-9)8-19-6-5-16-12(15)11(13)14;;;;/h3-4H,5-8H2,1-2H3,(H3,13,14)(H2,15,16);3*1H;1H2. The van der Waals surface area contributed by atoms with Crippen molar-refractivity contribution in [2.75, 3.05) is 26.4 Å². The van der Waals surface area contributed by atoms with Gasteiger partial charge in [-0.1, -0.05) is 0 Å². The number of hydrogen-bond acceptors (Lipinski definition) is 5. The van der Waals surface area contributed by atoms with Gasteiger partial charge in [-0.3, -0.25) is 10.4 Å². The maximum absolute atomic E-state index is 7.07. The quantitative estimate of drug-likeness (QED) is 0.353. The Hall–Kier alpha value is -0.640. The van der Waals surface area contributed by atoms with Gasteiger partial charge in [0, 0.05) is 5.75 Å². The number of hydrogen-bond donors (Lipinski definition) is 3. The van der Waals surface area contributed by atoms with Crippen LogP contribution >= 0.6 is 49.0 Å². The molecule has 0 spiro atoms. The van der Waals surface area contributed by atoms with E-state index < -0.39 is 0 Å². The highest BCUT2D eigenvalue weighted by atomic mass is 35.5. The topological polar surface area (TPSA) is 136 Å². The summed E-state index contributed by atoms with van der Waals surface area (Å²) >= 11 is 1.71. The zero-order valence-electron chi connectivity index (χ0n) is 13.1. The Morgan fingerprint density at radius 3 is 2.30 bits per heavy atom. The lowest BCUT2D eigenvalue weighted by Gasteiger charge is -2.05. The van der Waals surface area contributed by atoms with Gasteiger partial charge >= 0.3 is 0 Å². The molecule has 11 heteroatoms. The lowest BCUT2D eigenvalue weighted by atomic mass is 10.4. The van der Waals surface area contributed by atoms with E-state index in [1.54, 1.807) is 11.8 Å². The first-order chi connectivity index (χ1) is 8.99.